The fourth-order valence-corrected chi connectivity index (χ4v) is 2.14. The molecule has 1 aromatic rings. The predicted molar refractivity (Wildman–Crippen MR) is 65.2 cm³/mol. The van der Waals surface area contributed by atoms with E-state index in [0.717, 1.165) is 0 Å². The van der Waals surface area contributed by atoms with Crippen LogP contribution in [-0.2, 0) is 4.79 Å². The van der Waals surface area contributed by atoms with Gasteiger partial charge in [0.25, 0.3) is 0 Å². The van der Waals surface area contributed by atoms with Gasteiger partial charge >= 0.3 is 12.0 Å². The summed E-state index contributed by atoms with van der Waals surface area (Å²) in [7, 11) is 0. The Bertz CT molecular complexity index is 463. The molecule has 2 rings (SSSR count). The molecule has 1 saturated heterocycles. The van der Waals surface area contributed by atoms with Gasteiger partial charge in [-0.1, -0.05) is 0 Å². The maximum atomic E-state index is 12.1. The average molecular weight is 249 g/mol. The zero-order chi connectivity index (χ0) is 13.2. The van der Waals surface area contributed by atoms with Gasteiger partial charge in [-0.15, -0.1) is 0 Å². The van der Waals surface area contributed by atoms with Crippen LogP contribution < -0.4 is 5.32 Å². The Morgan fingerprint density at radius 1 is 1.56 bits per heavy atom. The van der Waals surface area contributed by atoms with E-state index in [9.17, 15) is 14.7 Å². The number of rotatable bonds is 2. The first-order valence-corrected chi connectivity index (χ1v) is 5.76. The zero-order valence-corrected chi connectivity index (χ0v) is 10.1. The van der Waals surface area contributed by atoms with Crippen molar-refractivity contribution in [2.45, 2.75) is 25.3 Å². The van der Waals surface area contributed by atoms with Gasteiger partial charge in [0, 0.05) is 12.7 Å². The quantitative estimate of drug-likeness (QED) is 0.833. The van der Waals surface area contributed by atoms with Crippen molar-refractivity contribution in [1.82, 2.24) is 9.88 Å². The van der Waals surface area contributed by atoms with Gasteiger partial charge in [0.15, 0.2) is 0 Å². The van der Waals surface area contributed by atoms with Crippen LogP contribution in [0.3, 0.4) is 0 Å². The Labute approximate surface area is 105 Å². The zero-order valence-electron chi connectivity index (χ0n) is 10.1. The number of anilines is 1. The molecule has 18 heavy (non-hydrogen) atoms. The number of amides is 2. The minimum Gasteiger partial charge on any atom is -0.480 e. The van der Waals surface area contributed by atoms with E-state index in [1.807, 2.05) is 0 Å². The van der Waals surface area contributed by atoms with E-state index in [2.05, 4.69) is 10.3 Å². The van der Waals surface area contributed by atoms with E-state index in [1.165, 1.54) is 11.1 Å². The molecule has 1 unspecified atom stereocenters. The number of hydrogen-bond acceptors (Lipinski definition) is 3. The number of carbonyl (C=O) groups excluding carboxylic acids is 1. The van der Waals surface area contributed by atoms with Gasteiger partial charge in [-0.2, -0.15) is 0 Å². The van der Waals surface area contributed by atoms with Crippen LogP contribution in [0.15, 0.2) is 24.5 Å². The van der Waals surface area contributed by atoms with Crippen molar-refractivity contribution in [3.63, 3.8) is 0 Å². The molecule has 2 amide bonds. The van der Waals surface area contributed by atoms with Gasteiger partial charge in [0.05, 0.1) is 11.9 Å². The summed E-state index contributed by atoms with van der Waals surface area (Å²) in [6.07, 6.45) is 4.30. The van der Waals surface area contributed by atoms with Crippen molar-refractivity contribution in [1.29, 1.82) is 0 Å². The molecular formula is C12H15N3O3. The van der Waals surface area contributed by atoms with Crippen molar-refractivity contribution in [3.05, 3.63) is 24.5 Å². The van der Waals surface area contributed by atoms with E-state index in [4.69, 9.17) is 0 Å². The highest BCUT2D eigenvalue weighted by atomic mass is 16.4. The molecule has 1 aliphatic rings. The van der Waals surface area contributed by atoms with E-state index < -0.39 is 17.5 Å². The van der Waals surface area contributed by atoms with Crippen LogP contribution in [0.25, 0.3) is 0 Å². The highest BCUT2D eigenvalue weighted by molar-refractivity contribution is 5.94. The second kappa shape index (κ2) is 4.64. The summed E-state index contributed by atoms with van der Waals surface area (Å²) in [4.78, 5) is 28.6. The van der Waals surface area contributed by atoms with Crippen LogP contribution in [0.1, 0.15) is 19.8 Å². The van der Waals surface area contributed by atoms with Crippen LogP contribution >= 0.6 is 0 Å². The largest absolute Gasteiger partial charge is 0.480 e. The van der Waals surface area contributed by atoms with Gasteiger partial charge in [-0.25, -0.2) is 9.59 Å². The molecule has 0 aromatic carbocycles. The molecule has 96 valence electrons. The smallest absolute Gasteiger partial charge is 0.329 e. The lowest BCUT2D eigenvalue weighted by Gasteiger charge is -2.31. The normalized spacial score (nSPS) is 22.8. The number of hydrogen-bond donors (Lipinski definition) is 2. The summed E-state index contributed by atoms with van der Waals surface area (Å²) in [6, 6.07) is 3.01. The second-order valence-electron chi connectivity index (χ2n) is 4.51. The van der Waals surface area contributed by atoms with Crippen LogP contribution in [0.5, 0.6) is 0 Å². The third-order valence-electron chi connectivity index (χ3n) is 3.26. The molecule has 1 aromatic heterocycles. The van der Waals surface area contributed by atoms with Crippen LogP contribution in [0.4, 0.5) is 10.5 Å². The van der Waals surface area contributed by atoms with Crippen molar-refractivity contribution < 1.29 is 14.7 Å². The Hall–Kier alpha value is -2.11. The van der Waals surface area contributed by atoms with E-state index >= 15 is 0 Å². The minimum absolute atomic E-state index is 0.398. The Balaban J connectivity index is 2.12. The summed E-state index contributed by atoms with van der Waals surface area (Å²) < 4.78 is 0. The highest BCUT2D eigenvalue weighted by Crippen LogP contribution is 2.29. The Kier molecular flexibility index (Phi) is 3.18. The summed E-state index contributed by atoms with van der Waals surface area (Å²) in [5.41, 5.74) is -0.561. The first-order chi connectivity index (χ1) is 8.54. The maximum absolute atomic E-state index is 12.1. The maximum Gasteiger partial charge on any atom is 0.329 e. The molecule has 1 fully saturated rings. The summed E-state index contributed by atoms with van der Waals surface area (Å²) in [5.74, 6) is -0.971. The lowest BCUT2D eigenvalue weighted by atomic mass is 10.00. The number of nitrogens with zero attached hydrogens (tertiary/aromatic N) is 2. The molecule has 1 atom stereocenters. The summed E-state index contributed by atoms with van der Waals surface area (Å²) >= 11 is 0. The Morgan fingerprint density at radius 3 is 2.94 bits per heavy atom. The number of pyridine rings is 1. The molecule has 6 nitrogen and oxygen atoms in total. The van der Waals surface area contributed by atoms with Crippen LogP contribution in [-0.4, -0.2) is 39.1 Å². The number of carboxylic acids is 1. The highest BCUT2D eigenvalue weighted by Gasteiger charge is 2.45. The van der Waals surface area contributed by atoms with Crippen LogP contribution in [0, 0.1) is 0 Å². The number of aliphatic carboxylic acids is 1. The van der Waals surface area contributed by atoms with Crippen molar-refractivity contribution >= 4 is 17.7 Å². The molecule has 0 bridgehead atoms. The van der Waals surface area contributed by atoms with E-state index in [1.54, 1.807) is 25.3 Å². The fourth-order valence-electron chi connectivity index (χ4n) is 2.14. The SMILES string of the molecule is CC1(C(=O)O)CCCN1C(=O)Nc1cccnc1. The minimum atomic E-state index is -1.12. The monoisotopic (exact) mass is 249 g/mol. The lowest BCUT2D eigenvalue weighted by Crippen LogP contribution is -2.52. The third kappa shape index (κ3) is 2.13. The van der Waals surface area contributed by atoms with Crippen molar-refractivity contribution in [2.24, 2.45) is 0 Å². The number of aromatic nitrogens is 1. The molecule has 0 saturated carbocycles. The molecule has 0 radical (unpaired) electrons. The van der Waals surface area contributed by atoms with Gasteiger partial charge < -0.3 is 15.3 Å². The number of likely N-dealkylation sites (tertiary alicyclic amines) is 1. The molecular weight excluding hydrogens is 234 g/mol. The second-order valence-corrected chi connectivity index (χ2v) is 4.51. The van der Waals surface area contributed by atoms with Crippen molar-refractivity contribution in [2.75, 3.05) is 11.9 Å². The molecule has 1 aliphatic heterocycles. The number of urea groups is 1. The molecule has 0 spiro atoms. The number of carbonyl (C=O) groups is 2. The van der Waals surface area contributed by atoms with Gasteiger partial charge in [-0.3, -0.25) is 4.98 Å². The average Bonchev–Trinajstić information content (AvgIpc) is 2.74. The summed E-state index contributed by atoms with van der Waals surface area (Å²) in [5, 5.41) is 11.9. The van der Waals surface area contributed by atoms with E-state index in [0.29, 0.717) is 25.1 Å². The lowest BCUT2D eigenvalue weighted by molar-refractivity contribution is -0.146. The van der Waals surface area contributed by atoms with Gasteiger partial charge in [0.2, 0.25) is 0 Å². The molecule has 2 heterocycles. The number of nitrogens with one attached hydrogen (secondary N) is 1. The molecule has 2 N–H and O–H groups in total. The van der Waals surface area contributed by atoms with E-state index in [-0.39, 0.29) is 0 Å². The standard InChI is InChI=1S/C12H15N3O3/c1-12(10(16)17)5-3-7-15(12)11(18)14-9-4-2-6-13-8-9/h2,4,6,8H,3,5,7H2,1H3,(H,14,18)(H,16,17). The van der Waals surface area contributed by atoms with Crippen molar-refractivity contribution in [3.8, 4) is 0 Å². The van der Waals surface area contributed by atoms with Gasteiger partial charge in [0.1, 0.15) is 5.54 Å². The molecule has 0 aliphatic carbocycles. The summed E-state index contributed by atoms with van der Waals surface area (Å²) in [6.45, 7) is 2.03. The van der Waals surface area contributed by atoms with Gasteiger partial charge in [-0.05, 0) is 31.9 Å². The predicted octanol–water partition coefficient (Wildman–Crippen LogP) is 1.55. The third-order valence-corrected chi connectivity index (χ3v) is 3.26. The number of carboxylic acid groups (broad SMARTS) is 1. The first-order valence-electron chi connectivity index (χ1n) is 5.76. The topological polar surface area (TPSA) is 82.5 Å². The molecule has 6 heteroatoms. The fraction of sp³-hybridized carbons (Fsp3) is 0.417. The van der Waals surface area contributed by atoms with Crippen LogP contribution in [0.2, 0.25) is 0 Å². The first kappa shape index (κ1) is 12.3. The Morgan fingerprint density at radius 2 is 2.33 bits per heavy atom.